The van der Waals surface area contributed by atoms with Crippen molar-refractivity contribution in [1.82, 2.24) is 10.6 Å². The van der Waals surface area contributed by atoms with Crippen LogP contribution < -0.4 is 10.6 Å². The van der Waals surface area contributed by atoms with E-state index in [9.17, 15) is 24.3 Å². The fourth-order valence-corrected chi connectivity index (χ4v) is 3.79. The van der Waals surface area contributed by atoms with Crippen LogP contribution in [0.2, 0.25) is 0 Å². The molecule has 0 radical (unpaired) electrons. The molecule has 1 aliphatic carbocycles. The standard InChI is InChI=1S/C25H26N2O7/c1-2-13-33-23(29)12-11-21(24(30)31)27-22(28)14-26-25(32)34-15-20-18-9-5-3-7-16(18)17-8-4-6-10-19(17)20/h2-10,20-21H,1,11-15H2,(H,26,32)(H,27,28)(H,30,31)/t21-/m1/s1. The summed E-state index contributed by atoms with van der Waals surface area (Å²) in [5.74, 6) is -2.74. The zero-order valence-corrected chi connectivity index (χ0v) is 18.5. The summed E-state index contributed by atoms with van der Waals surface area (Å²) in [6.07, 6.45) is 0.257. The van der Waals surface area contributed by atoms with Gasteiger partial charge in [-0.1, -0.05) is 61.2 Å². The molecule has 0 unspecified atom stereocenters. The van der Waals surface area contributed by atoms with E-state index in [2.05, 4.69) is 17.2 Å². The molecule has 0 spiro atoms. The Labute approximate surface area is 196 Å². The number of ether oxygens (including phenoxy) is 2. The van der Waals surface area contributed by atoms with Gasteiger partial charge in [-0.05, 0) is 28.7 Å². The van der Waals surface area contributed by atoms with Gasteiger partial charge in [-0.3, -0.25) is 9.59 Å². The van der Waals surface area contributed by atoms with Crippen LogP contribution in [0, 0.1) is 0 Å². The van der Waals surface area contributed by atoms with Crippen molar-refractivity contribution < 1.29 is 33.8 Å². The molecule has 2 aromatic carbocycles. The molecule has 2 amide bonds. The lowest BCUT2D eigenvalue weighted by molar-refractivity contribution is -0.144. The Morgan fingerprint density at radius 3 is 2.21 bits per heavy atom. The van der Waals surface area contributed by atoms with Crippen molar-refractivity contribution in [3.63, 3.8) is 0 Å². The Kier molecular flexibility index (Phi) is 8.39. The van der Waals surface area contributed by atoms with Crippen LogP contribution >= 0.6 is 0 Å². The van der Waals surface area contributed by atoms with Crippen LogP contribution in [-0.2, 0) is 23.9 Å². The number of carboxylic acid groups (broad SMARTS) is 1. The molecule has 0 saturated heterocycles. The normalized spacial score (nSPS) is 12.6. The number of nitrogens with one attached hydrogen (secondary N) is 2. The zero-order valence-electron chi connectivity index (χ0n) is 18.5. The van der Waals surface area contributed by atoms with Crippen molar-refractivity contribution >= 4 is 23.9 Å². The average molecular weight is 466 g/mol. The predicted molar refractivity (Wildman–Crippen MR) is 123 cm³/mol. The molecule has 0 aliphatic heterocycles. The average Bonchev–Trinajstić information content (AvgIpc) is 3.16. The molecular formula is C25H26N2O7. The van der Waals surface area contributed by atoms with Crippen LogP contribution in [0.25, 0.3) is 11.1 Å². The van der Waals surface area contributed by atoms with E-state index in [1.54, 1.807) is 0 Å². The fraction of sp³-hybridized carbons (Fsp3) is 0.280. The Balaban J connectivity index is 1.46. The molecule has 0 saturated carbocycles. The van der Waals surface area contributed by atoms with Crippen LogP contribution in [0.3, 0.4) is 0 Å². The summed E-state index contributed by atoms with van der Waals surface area (Å²) in [6.45, 7) is 3.05. The topological polar surface area (TPSA) is 131 Å². The van der Waals surface area contributed by atoms with E-state index >= 15 is 0 Å². The first-order valence-electron chi connectivity index (χ1n) is 10.8. The minimum Gasteiger partial charge on any atom is -0.480 e. The highest BCUT2D eigenvalue weighted by Crippen LogP contribution is 2.44. The number of rotatable bonds is 11. The Morgan fingerprint density at radius 2 is 1.62 bits per heavy atom. The van der Waals surface area contributed by atoms with Crippen LogP contribution in [0.1, 0.15) is 29.9 Å². The summed E-state index contributed by atoms with van der Waals surface area (Å²) in [4.78, 5) is 47.1. The lowest BCUT2D eigenvalue weighted by Crippen LogP contribution is -2.45. The van der Waals surface area contributed by atoms with Crippen molar-refractivity contribution in [3.05, 3.63) is 72.3 Å². The zero-order chi connectivity index (χ0) is 24.5. The second-order valence-electron chi connectivity index (χ2n) is 7.65. The molecule has 1 aliphatic rings. The first-order chi connectivity index (χ1) is 16.4. The smallest absolute Gasteiger partial charge is 0.407 e. The third-order valence-corrected chi connectivity index (χ3v) is 5.37. The van der Waals surface area contributed by atoms with Gasteiger partial charge < -0.3 is 25.2 Å². The number of benzene rings is 2. The summed E-state index contributed by atoms with van der Waals surface area (Å²) in [7, 11) is 0. The highest BCUT2D eigenvalue weighted by Gasteiger charge is 2.29. The van der Waals surface area contributed by atoms with Crippen LogP contribution in [0.15, 0.2) is 61.2 Å². The number of hydrogen-bond donors (Lipinski definition) is 3. The molecule has 9 heteroatoms. The van der Waals surface area contributed by atoms with Gasteiger partial charge in [-0.25, -0.2) is 9.59 Å². The van der Waals surface area contributed by atoms with Crippen LogP contribution in [0.5, 0.6) is 0 Å². The number of alkyl carbamates (subject to hydrolysis) is 1. The first kappa shape index (κ1) is 24.5. The van der Waals surface area contributed by atoms with E-state index in [-0.39, 0.29) is 32.0 Å². The quantitative estimate of drug-likeness (QED) is 0.343. The van der Waals surface area contributed by atoms with Crippen molar-refractivity contribution in [1.29, 1.82) is 0 Å². The minimum atomic E-state index is -1.30. The minimum absolute atomic E-state index is 0.0208. The van der Waals surface area contributed by atoms with E-state index in [4.69, 9.17) is 9.47 Å². The van der Waals surface area contributed by atoms with Gasteiger partial charge >= 0.3 is 18.0 Å². The highest BCUT2D eigenvalue weighted by atomic mass is 16.5. The van der Waals surface area contributed by atoms with E-state index in [0.717, 1.165) is 22.3 Å². The molecule has 178 valence electrons. The van der Waals surface area contributed by atoms with E-state index in [0.29, 0.717) is 0 Å². The molecule has 0 aromatic heterocycles. The molecule has 3 rings (SSSR count). The van der Waals surface area contributed by atoms with Crippen molar-refractivity contribution in [2.45, 2.75) is 24.8 Å². The number of esters is 1. The van der Waals surface area contributed by atoms with Gasteiger partial charge in [0.1, 0.15) is 25.8 Å². The number of carbonyl (C=O) groups is 4. The lowest BCUT2D eigenvalue weighted by Gasteiger charge is -2.16. The molecule has 9 nitrogen and oxygen atoms in total. The monoisotopic (exact) mass is 466 g/mol. The van der Waals surface area contributed by atoms with E-state index in [1.165, 1.54) is 6.08 Å². The molecule has 2 aromatic rings. The molecule has 0 fully saturated rings. The second kappa shape index (κ2) is 11.6. The molecular weight excluding hydrogens is 440 g/mol. The Morgan fingerprint density at radius 1 is 1.00 bits per heavy atom. The van der Waals surface area contributed by atoms with Gasteiger partial charge in [0.05, 0.1) is 0 Å². The molecule has 3 N–H and O–H groups in total. The fourth-order valence-electron chi connectivity index (χ4n) is 3.79. The maximum Gasteiger partial charge on any atom is 0.407 e. The predicted octanol–water partition coefficient (Wildman–Crippen LogP) is 2.60. The van der Waals surface area contributed by atoms with Gasteiger partial charge in [0.2, 0.25) is 5.91 Å². The van der Waals surface area contributed by atoms with E-state index in [1.807, 2.05) is 48.5 Å². The second-order valence-corrected chi connectivity index (χ2v) is 7.65. The molecule has 34 heavy (non-hydrogen) atoms. The number of hydrogen-bond acceptors (Lipinski definition) is 6. The lowest BCUT2D eigenvalue weighted by atomic mass is 9.98. The molecule has 1 atom stereocenters. The van der Waals surface area contributed by atoms with Crippen LogP contribution in [0.4, 0.5) is 4.79 Å². The summed E-state index contributed by atoms with van der Waals surface area (Å²) >= 11 is 0. The third kappa shape index (κ3) is 6.22. The van der Waals surface area contributed by atoms with Gasteiger partial charge in [-0.15, -0.1) is 0 Å². The number of aliphatic carboxylic acids is 1. The summed E-state index contributed by atoms with van der Waals surface area (Å²) < 4.78 is 10.1. The highest BCUT2D eigenvalue weighted by molar-refractivity contribution is 5.87. The van der Waals surface area contributed by atoms with Gasteiger partial charge in [-0.2, -0.15) is 0 Å². The van der Waals surface area contributed by atoms with Crippen molar-refractivity contribution in [2.75, 3.05) is 19.8 Å². The first-order valence-corrected chi connectivity index (χ1v) is 10.8. The SMILES string of the molecule is C=CCOC(=O)CC[C@@H](NC(=O)CNC(=O)OCC1c2ccccc2-c2ccccc21)C(=O)O. The number of amides is 2. The molecule has 0 bridgehead atoms. The number of carbonyl (C=O) groups excluding carboxylic acids is 3. The van der Waals surface area contributed by atoms with Crippen LogP contribution in [-0.4, -0.2) is 54.8 Å². The van der Waals surface area contributed by atoms with Crippen molar-refractivity contribution in [3.8, 4) is 11.1 Å². The van der Waals surface area contributed by atoms with E-state index < -0.39 is 36.5 Å². The largest absolute Gasteiger partial charge is 0.480 e. The molecule has 0 heterocycles. The number of fused-ring (bicyclic) bond motifs is 3. The maximum absolute atomic E-state index is 12.2. The van der Waals surface area contributed by atoms with Gasteiger partial charge in [0.15, 0.2) is 0 Å². The Hall–Kier alpha value is -4.14. The third-order valence-electron chi connectivity index (χ3n) is 5.37. The van der Waals surface area contributed by atoms with Gasteiger partial charge in [0, 0.05) is 12.3 Å². The number of carboxylic acids is 1. The summed E-state index contributed by atoms with van der Waals surface area (Å²) in [5.41, 5.74) is 4.31. The summed E-state index contributed by atoms with van der Waals surface area (Å²) in [6, 6.07) is 14.5. The van der Waals surface area contributed by atoms with Crippen molar-refractivity contribution in [2.24, 2.45) is 0 Å². The summed E-state index contributed by atoms with van der Waals surface area (Å²) in [5, 5.41) is 13.9. The Bertz CT molecular complexity index is 1040. The maximum atomic E-state index is 12.2. The van der Waals surface area contributed by atoms with Gasteiger partial charge in [0.25, 0.3) is 0 Å².